The maximum Gasteiger partial charge on any atom is 0.284 e. The smallest absolute Gasteiger partial charge is 0.284 e. The van der Waals surface area contributed by atoms with Crippen LogP contribution in [0.15, 0.2) is 0 Å². The Hall–Kier alpha value is 1.36. The van der Waals surface area contributed by atoms with E-state index in [0.717, 1.165) is 45.7 Å². The Morgan fingerprint density at radius 2 is 1.25 bits per heavy atom. The number of hydrogen-bond donors (Lipinski definition) is 0. The zero-order valence-corrected chi connectivity index (χ0v) is 13.4. The highest BCUT2D eigenvalue weighted by Crippen LogP contribution is 2.47. The largest absolute Gasteiger partial charge is 0.308 e. The van der Waals surface area contributed by atoms with Gasteiger partial charge in [-0.25, -0.2) is 0 Å². The van der Waals surface area contributed by atoms with E-state index in [1.807, 2.05) is 13.8 Å². The van der Waals surface area contributed by atoms with Crippen LogP contribution in [0, 0.1) is 0 Å². The van der Waals surface area contributed by atoms with E-state index in [1.54, 1.807) is 0 Å². The topological polar surface area (TPSA) is 52.6 Å². The van der Waals surface area contributed by atoms with Crippen LogP contribution in [0.4, 0.5) is 9.59 Å². The summed E-state index contributed by atoms with van der Waals surface area (Å²) in [5.74, 6) is 0. The van der Waals surface area contributed by atoms with E-state index in [-0.39, 0.29) is 8.89 Å². The zero-order valence-electron chi connectivity index (χ0n) is 8.50. The molecule has 0 aliphatic heterocycles. The minimum absolute atomic E-state index is 0.134. The van der Waals surface area contributed by atoms with Crippen LogP contribution in [-0.4, -0.2) is 22.1 Å². The second-order valence-corrected chi connectivity index (χ2v) is 9.46. The molecule has 10 heteroatoms. The third kappa shape index (κ3) is 11.8. The highest BCUT2D eigenvalue weighted by molar-refractivity contribution is 9.30. The summed E-state index contributed by atoms with van der Waals surface area (Å²) in [6.45, 7) is 4.61. The lowest BCUT2D eigenvalue weighted by atomic mass is 10.9. The van der Waals surface area contributed by atoms with Gasteiger partial charge in [0.15, 0.2) is 0 Å². The monoisotopic (exact) mass is 338 g/mol. The molecule has 0 aliphatic carbocycles. The summed E-state index contributed by atoms with van der Waals surface area (Å²) in [5.41, 5.74) is 0. The summed E-state index contributed by atoms with van der Waals surface area (Å²) in [6, 6.07) is 0. The predicted octanol–water partition coefficient (Wildman–Crippen LogP) is 5.27. The van der Waals surface area contributed by atoms with Crippen molar-refractivity contribution in [3.05, 3.63) is 0 Å². The van der Waals surface area contributed by atoms with Gasteiger partial charge in [0, 0.05) is 21.6 Å². The first-order chi connectivity index (χ1) is 7.70. The molecule has 4 nitrogen and oxygen atoms in total. The summed E-state index contributed by atoms with van der Waals surface area (Å²) in [7, 11) is 4.54. The minimum atomic E-state index is -0.134. The molecule has 0 saturated heterocycles. The van der Waals surface area contributed by atoms with Crippen LogP contribution in [-0.2, 0) is 8.37 Å². The predicted molar refractivity (Wildman–Crippen MR) is 79.6 cm³/mol. The average Bonchev–Trinajstić information content (AvgIpc) is 2.29. The molecule has 0 amide bonds. The first-order valence-electron chi connectivity index (χ1n) is 4.05. The van der Waals surface area contributed by atoms with Crippen molar-refractivity contribution in [1.82, 2.24) is 0 Å². The van der Waals surface area contributed by atoms with Gasteiger partial charge in [0.1, 0.15) is 0 Å². The molecule has 0 heterocycles. The van der Waals surface area contributed by atoms with Gasteiger partial charge in [-0.15, -0.1) is 0 Å². The summed E-state index contributed by atoms with van der Waals surface area (Å²) in [6.07, 6.45) is 0. The molecule has 0 bridgehead atoms. The second-order valence-electron chi connectivity index (χ2n) is 1.78. The Morgan fingerprint density at radius 1 is 0.875 bits per heavy atom. The van der Waals surface area contributed by atoms with Crippen LogP contribution in [0.1, 0.15) is 13.8 Å². The van der Waals surface area contributed by atoms with E-state index in [1.165, 1.54) is 19.7 Å². The molecule has 0 N–H and O–H groups in total. The van der Waals surface area contributed by atoms with Gasteiger partial charge in [0.2, 0.25) is 0 Å². The fraction of sp³-hybridized carbons (Fsp3) is 0.667. The van der Waals surface area contributed by atoms with Crippen LogP contribution >= 0.6 is 65.3 Å². The van der Waals surface area contributed by atoms with Crippen molar-refractivity contribution in [3.63, 3.8) is 0 Å². The van der Waals surface area contributed by atoms with Gasteiger partial charge in [0.05, 0.1) is 37.3 Å². The maximum absolute atomic E-state index is 11.1. The average molecular weight is 339 g/mol. The Morgan fingerprint density at radius 3 is 1.56 bits per heavy atom. The Bertz CT molecular complexity index is 191. The maximum atomic E-state index is 11.1. The molecule has 0 radical (unpaired) electrons. The molecule has 0 aromatic carbocycles. The van der Waals surface area contributed by atoms with Crippen LogP contribution in [0.5, 0.6) is 0 Å². The Kier molecular flexibility index (Phi) is 13.9. The Balaban J connectivity index is 3.31. The van der Waals surface area contributed by atoms with E-state index in [4.69, 9.17) is 8.37 Å². The van der Waals surface area contributed by atoms with Crippen LogP contribution in [0.25, 0.3) is 0 Å². The van der Waals surface area contributed by atoms with Crippen molar-refractivity contribution >= 4 is 74.2 Å². The molecule has 0 fully saturated rings. The quantitative estimate of drug-likeness (QED) is 0.348. The zero-order chi connectivity index (χ0) is 12.2. The Labute approximate surface area is 118 Å². The first-order valence-corrected chi connectivity index (χ1v) is 10.3. The molecule has 0 aliphatic rings. The van der Waals surface area contributed by atoms with Crippen molar-refractivity contribution in [2.45, 2.75) is 13.8 Å². The third-order valence-corrected chi connectivity index (χ3v) is 8.41. The molecule has 94 valence electrons. The molecule has 16 heavy (non-hydrogen) atoms. The highest BCUT2D eigenvalue weighted by atomic mass is 33.7. The van der Waals surface area contributed by atoms with E-state index in [2.05, 4.69) is 0 Å². The first kappa shape index (κ1) is 17.4. The summed E-state index contributed by atoms with van der Waals surface area (Å²) < 4.78 is 9.44. The van der Waals surface area contributed by atoms with Crippen molar-refractivity contribution in [2.24, 2.45) is 0 Å². The SMILES string of the molecule is CCOSC(=O)SSSSC(=O)SOCC. The van der Waals surface area contributed by atoms with Crippen LogP contribution < -0.4 is 0 Å². The molecule has 0 saturated carbocycles. The van der Waals surface area contributed by atoms with Gasteiger partial charge >= 0.3 is 0 Å². The lowest BCUT2D eigenvalue weighted by Crippen LogP contribution is -1.82. The molecule has 0 spiro atoms. The summed E-state index contributed by atoms with van der Waals surface area (Å²) in [5, 5.41) is 0. The number of rotatable bonds is 7. The van der Waals surface area contributed by atoms with Crippen molar-refractivity contribution < 1.29 is 18.0 Å². The van der Waals surface area contributed by atoms with Gasteiger partial charge in [-0.05, 0) is 33.5 Å². The number of carbonyl (C=O) groups is 2. The fourth-order valence-electron chi connectivity index (χ4n) is 0.325. The van der Waals surface area contributed by atoms with Gasteiger partial charge in [0.25, 0.3) is 8.89 Å². The van der Waals surface area contributed by atoms with Crippen LogP contribution in [0.2, 0.25) is 0 Å². The molecule has 0 atom stereocenters. The summed E-state index contributed by atoms with van der Waals surface area (Å²) >= 11 is 1.63. The minimum Gasteiger partial charge on any atom is -0.308 e. The van der Waals surface area contributed by atoms with Crippen LogP contribution in [0.3, 0.4) is 0 Å². The lowest BCUT2D eigenvalue weighted by molar-refractivity contribution is 0.274. The molecule has 0 unspecified atom stereocenters. The van der Waals surface area contributed by atoms with Gasteiger partial charge in [-0.2, -0.15) is 0 Å². The number of hydrogen-bond acceptors (Lipinski definition) is 10. The molecular formula is C6H10O4S6. The standard InChI is InChI=1S/C6H10O4S6/c1-3-9-11-5(7)13-15-16-14-6(8)12-10-4-2/h3-4H2,1-2H3. The lowest BCUT2D eigenvalue weighted by Gasteiger charge is -1.98. The van der Waals surface area contributed by atoms with Crippen molar-refractivity contribution in [1.29, 1.82) is 0 Å². The normalized spacial score (nSPS) is 10.4. The van der Waals surface area contributed by atoms with Crippen molar-refractivity contribution in [3.8, 4) is 0 Å². The summed E-state index contributed by atoms with van der Waals surface area (Å²) in [4.78, 5) is 22.1. The van der Waals surface area contributed by atoms with E-state index in [9.17, 15) is 9.59 Å². The molecule has 0 rings (SSSR count). The highest BCUT2D eigenvalue weighted by Gasteiger charge is 2.09. The molecule has 0 aromatic heterocycles. The second kappa shape index (κ2) is 12.8. The van der Waals surface area contributed by atoms with E-state index in [0.29, 0.717) is 13.2 Å². The van der Waals surface area contributed by atoms with Gasteiger partial charge in [-0.3, -0.25) is 9.59 Å². The third-order valence-electron chi connectivity index (χ3n) is 0.722. The molecule has 0 aromatic rings. The van der Waals surface area contributed by atoms with E-state index >= 15 is 0 Å². The number of carbonyl (C=O) groups excluding carboxylic acids is 2. The van der Waals surface area contributed by atoms with Gasteiger partial charge in [-0.1, -0.05) is 0 Å². The van der Waals surface area contributed by atoms with E-state index < -0.39 is 0 Å². The molecular weight excluding hydrogens is 328 g/mol. The fourth-order valence-corrected chi connectivity index (χ4v) is 6.93. The van der Waals surface area contributed by atoms with Gasteiger partial charge < -0.3 is 8.37 Å². The van der Waals surface area contributed by atoms with Crippen molar-refractivity contribution in [2.75, 3.05) is 13.2 Å².